The van der Waals surface area contributed by atoms with E-state index in [9.17, 15) is 0 Å². The fourth-order valence-electron chi connectivity index (χ4n) is 1.06. The Morgan fingerprint density at radius 1 is 1.27 bits per heavy atom. The average Bonchev–Trinajstić information content (AvgIpc) is 2.76. The summed E-state index contributed by atoms with van der Waals surface area (Å²) in [5.74, 6) is 2.33. The van der Waals surface area contributed by atoms with Crippen molar-refractivity contribution in [3.05, 3.63) is 29.6 Å². The molecule has 84 valence electrons. The van der Waals surface area contributed by atoms with E-state index in [1.165, 1.54) is 16.9 Å². The molecule has 0 bridgehead atoms. The van der Waals surface area contributed by atoms with Gasteiger partial charge < -0.3 is 15.3 Å². The molecule has 0 aromatic carbocycles. The minimum atomic E-state index is -0.954. The molecular formula is C10H15NO3S. The number of nitrogens with zero attached hydrogens (tertiary/aromatic N) is 1. The molecule has 15 heavy (non-hydrogen) atoms. The van der Waals surface area contributed by atoms with E-state index in [0.717, 1.165) is 5.75 Å². The van der Waals surface area contributed by atoms with Crippen LogP contribution >= 0.6 is 11.8 Å². The number of pyridine rings is 1. The molecule has 1 aliphatic rings. The Balaban J connectivity index is 0.000000167. The van der Waals surface area contributed by atoms with Crippen molar-refractivity contribution in [2.24, 2.45) is 0 Å². The molecule has 0 saturated heterocycles. The SMILES string of the molecule is OCC(O)CO.c1cc2c(cn1)CSC2. The average molecular weight is 229 g/mol. The second kappa shape index (κ2) is 6.79. The second-order valence-electron chi connectivity index (χ2n) is 3.16. The maximum Gasteiger partial charge on any atom is 0.100 e. The Bertz CT molecular complexity index is 269. The Morgan fingerprint density at radius 3 is 2.47 bits per heavy atom. The fraction of sp³-hybridized carbons (Fsp3) is 0.500. The van der Waals surface area contributed by atoms with E-state index >= 15 is 0 Å². The van der Waals surface area contributed by atoms with E-state index in [0.29, 0.717) is 0 Å². The van der Waals surface area contributed by atoms with E-state index in [4.69, 9.17) is 15.3 Å². The topological polar surface area (TPSA) is 73.6 Å². The van der Waals surface area contributed by atoms with Gasteiger partial charge in [0.15, 0.2) is 0 Å². The summed E-state index contributed by atoms with van der Waals surface area (Å²) in [6.45, 7) is -0.729. The van der Waals surface area contributed by atoms with E-state index in [-0.39, 0.29) is 13.2 Å². The standard InChI is InChI=1S/C7H7NS.C3H8O3/c1-2-8-3-7-5-9-4-6(1)7;4-1-3(6)2-5/h1-3H,4-5H2;3-6H,1-2H2. The third kappa shape index (κ3) is 4.17. The van der Waals surface area contributed by atoms with Crippen LogP contribution in [0.15, 0.2) is 18.5 Å². The molecule has 0 fully saturated rings. The van der Waals surface area contributed by atoms with E-state index in [1.807, 2.05) is 24.2 Å². The molecule has 0 unspecified atom stereocenters. The lowest BCUT2D eigenvalue weighted by Crippen LogP contribution is -2.15. The van der Waals surface area contributed by atoms with Crippen molar-refractivity contribution in [3.63, 3.8) is 0 Å². The normalized spacial score (nSPS) is 13.3. The molecule has 4 nitrogen and oxygen atoms in total. The third-order valence-electron chi connectivity index (χ3n) is 1.94. The van der Waals surface area contributed by atoms with Gasteiger partial charge in [-0.25, -0.2) is 0 Å². The first-order chi connectivity index (χ1) is 7.27. The smallest absolute Gasteiger partial charge is 0.100 e. The summed E-state index contributed by atoms with van der Waals surface area (Å²) in [5, 5.41) is 24.0. The summed E-state index contributed by atoms with van der Waals surface area (Å²) < 4.78 is 0. The van der Waals surface area contributed by atoms with Crippen molar-refractivity contribution in [2.45, 2.75) is 17.6 Å². The largest absolute Gasteiger partial charge is 0.394 e. The van der Waals surface area contributed by atoms with Gasteiger partial charge >= 0.3 is 0 Å². The number of hydrogen-bond acceptors (Lipinski definition) is 5. The van der Waals surface area contributed by atoms with Gasteiger partial charge in [-0.3, -0.25) is 4.98 Å². The van der Waals surface area contributed by atoms with Crippen LogP contribution in [0.25, 0.3) is 0 Å². The zero-order valence-electron chi connectivity index (χ0n) is 8.33. The van der Waals surface area contributed by atoms with Gasteiger partial charge in [0.25, 0.3) is 0 Å². The van der Waals surface area contributed by atoms with Crippen molar-refractivity contribution >= 4 is 11.8 Å². The summed E-state index contributed by atoms with van der Waals surface area (Å²) in [5.41, 5.74) is 2.89. The molecule has 1 aliphatic heterocycles. The summed E-state index contributed by atoms with van der Waals surface area (Å²) in [7, 11) is 0. The first kappa shape index (κ1) is 12.4. The van der Waals surface area contributed by atoms with Crippen LogP contribution in [0.4, 0.5) is 0 Å². The first-order valence-corrected chi connectivity index (χ1v) is 5.82. The van der Waals surface area contributed by atoms with Crippen LogP contribution < -0.4 is 0 Å². The Labute approximate surface area is 93.0 Å². The number of aliphatic hydroxyl groups excluding tert-OH is 3. The van der Waals surface area contributed by atoms with Gasteiger partial charge in [0.2, 0.25) is 0 Å². The molecular weight excluding hydrogens is 214 g/mol. The van der Waals surface area contributed by atoms with E-state index in [2.05, 4.69) is 11.1 Å². The Hall–Kier alpha value is -0.620. The molecule has 5 heteroatoms. The number of fused-ring (bicyclic) bond motifs is 1. The van der Waals surface area contributed by atoms with Gasteiger partial charge in [0, 0.05) is 23.9 Å². The minimum Gasteiger partial charge on any atom is -0.394 e. The third-order valence-corrected chi connectivity index (χ3v) is 2.97. The number of aliphatic hydroxyl groups is 3. The molecule has 0 amide bonds. The van der Waals surface area contributed by atoms with Crippen LogP contribution in [0.2, 0.25) is 0 Å². The lowest BCUT2D eigenvalue weighted by molar-refractivity contribution is 0.0450. The zero-order valence-corrected chi connectivity index (χ0v) is 9.15. The number of aromatic nitrogens is 1. The molecule has 0 radical (unpaired) electrons. The molecule has 3 N–H and O–H groups in total. The number of thioether (sulfide) groups is 1. The molecule has 1 aromatic heterocycles. The zero-order chi connectivity index (χ0) is 11.1. The van der Waals surface area contributed by atoms with Gasteiger partial charge in [-0.2, -0.15) is 11.8 Å². The highest BCUT2D eigenvalue weighted by Crippen LogP contribution is 2.27. The monoisotopic (exact) mass is 229 g/mol. The van der Waals surface area contributed by atoms with E-state index in [1.54, 1.807) is 0 Å². The van der Waals surface area contributed by atoms with Crippen LogP contribution in [0, 0.1) is 0 Å². The van der Waals surface area contributed by atoms with Gasteiger partial charge in [0.1, 0.15) is 6.10 Å². The van der Waals surface area contributed by atoms with Crippen LogP contribution in [0.1, 0.15) is 11.1 Å². The highest BCUT2D eigenvalue weighted by Gasteiger charge is 2.08. The summed E-state index contributed by atoms with van der Waals surface area (Å²) in [6, 6.07) is 2.11. The lowest BCUT2D eigenvalue weighted by Gasteiger charge is -1.96. The number of rotatable bonds is 2. The number of hydrogen-bond donors (Lipinski definition) is 3. The predicted octanol–water partition coefficient (Wildman–Crippen LogP) is 0.160. The lowest BCUT2D eigenvalue weighted by atomic mass is 10.2. The molecule has 0 spiro atoms. The molecule has 0 aliphatic carbocycles. The van der Waals surface area contributed by atoms with Crippen molar-refractivity contribution in [2.75, 3.05) is 13.2 Å². The molecule has 1 aromatic rings. The first-order valence-electron chi connectivity index (χ1n) is 4.67. The second-order valence-corrected chi connectivity index (χ2v) is 4.14. The maximum atomic E-state index is 8.17. The summed E-state index contributed by atoms with van der Waals surface area (Å²) in [6.07, 6.45) is 2.88. The maximum absolute atomic E-state index is 8.17. The molecule has 0 saturated carbocycles. The minimum absolute atomic E-state index is 0.365. The Morgan fingerprint density at radius 2 is 1.93 bits per heavy atom. The highest BCUT2D eigenvalue weighted by molar-refractivity contribution is 7.98. The summed E-state index contributed by atoms with van der Waals surface area (Å²) >= 11 is 1.96. The molecule has 0 atom stereocenters. The van der Waals surface area contributed by atoms with Crippen LogP contribution in [-0.2, 0) is 11.5 Å². The molecule has 2 heterocycles. The fourth-order valence-corrected chi connectivity index (χ4v) is 2.14. The van der Waals surface area contributed by atoms with Gasteiger partial charge in [-0.05, 0) is 17.2 Å². The van der Waals surface area contributed by atoms with Crippen LogP contribution in [0.3, 0.4) is 0 Å². The van der Waals surface area contributed by atoms with Crippen LogP contribution in [0.5, 0.6) is 0 Å². The van der Waals surface area contributed by atoms with Crippen molar-refractivity contribution < 1.29 is 15.3 Å². The Kier molecular flexibility index (Phi) is 5.63. The van der Waals surface area contributed by atoms with E-state index < -0.39 is 6.10 Å². The highest BCUT2D eigenvalue weighted by atomic mass is 32.2. The molecule has 2 rings (SSSR count). The van der Waals surface area contributed by atoms with Gasteiger partial charge in [0.05, 0.1) is 13.2 Å². The predicted molar refractivity (Wildman–Crippen MR) is 59.4 cm³/mol. The van der Waals surface area contributed by atoms with Gasteiger partial charge in [-0.15, -0.1) is 0 Å². The van der Waals surface area contributed by atoms with Crippen LogP contribution in [-0.4, -0.2) is 39.6 Å². The summed E-state index contributed by atoms with van der Waals surface area (Å²) in [4.78, 5) is 4.04. The van der Waals surface area contributed by atoms with Crippen molar-refractivity contribution in [1.82, 2.24) is 4.98 Å². The van der Waals surface area contributed by atoms with Crippen molar-refractivity contribution in [1.29, 1.82) is 0 Å². The van der Waals surface area contributed by atoms with Crippen molar-refractivity contribution in [3.8, 4) is 0 Å². The van der Waals surface area contributed by atoms with Gasteiger partial charge in [-0.1, -0.05) is 0 Å². The quantitative estimate of drug-likeness (QED) is 0.673.